The fourth-order valence-electron chi connectivity index (χ4n) is 1.24. The number of hydrogen-bond acceptors (Lipinski definition) is 5. The smallest absolute Gasteiger partial charge is 0.315 e. The van der Waals surface area contributed by atoms with Gasteiger partial charge in [0.05, 0.1) is 12.4 Å². The highest BCUT2D eigenvalue weighted by molar-refractivity contribution is 8.00. The van der Waals surface area contributed by atoms with Gasteiger partial charge >= 0.3 is 5.97 Å². The van der Waals surface area contributed by atoms with E-state index < -0.39 is 0 Å². The van der Waals surface area contributed by atoms with Gasteiger partial charge < -0.3 is 10.5 Å². The summed E-state index contributed by atoms with van der Waals surface area (Å²) in [5.74, 6) is 0.125. The molecule has 0 saturated heterocycles. The zero-order chi connectivity index (χ0) is 11.8. The number of nitrogens with zero attached hydrogens (tertiary/aromatic N) is 1. The Morgan fingerprint density at radius 3 is 3.06 bits per heavy atom. The lowest BCUT2D eigenvalue weighted by molar-refractivity contribution is -0.139. The highest BCUT2D eigenvalue weighted by atomic mass is 32.2. The van der Waals surface area contributed by atoms with E-state index in [1.54, 1.807) is 19.3 Å². The quantitative estimate of drug-likeness (QED) is 0.761. The molecule has 0 bridgehead atoms. The van der Waals surface area contributed by atoms with Crippen molar-refractivity contribution in [2.45, 2.75) is 12.2 Å². The number of carbonyl (C=O) groups is 1. The molecule has 0 fully saturated rings. The van der Waals surface area contributed by atoms with E-state index >= 15 is 0 Å². The number of nitrogens with two attached hydrogens (primary N) is 1. The van der Waals surface area contributed by atoms with Crippen LogP contribution in [-0.4, -0.2) is 29.9 Å². The van der Waals surface area contributed by atoms with Gasteiger partial charge in [0.2, 0.25) is 0 Å². The van der Waals surface area contributed by atoms with Gasteiger partial charge in [-0.2, -0.15) is 0 Å². The van der Waals surface area contributed by atoms with Crippen LogP contribution in [-0.2, 0) is 9.53 Å². The normalized spacial score (nSPS) is 12.1. The molecule has 0 aliphatic rings. The van der Waals surface area contributed by atoms with E-state index in [1.807, 2.05) is 12.1 Å². The second kappa shape index (κ2) is 7.24. The standard InChI is InChI=1S/C11H16N2O2S/c1-2-15-11(14)8-16-10(6-12)9-4-3-5-13-7-9/h3-5,7,10H,2,6,8,12H2,1H3. The van der Waals surface area contributed by atoms with Crippen molar-refractivity contribution in [1.29, 1.82) is 0 Å². The molecule has 1 atom stereocenters. The Balaban J connectivity index is 2.47. The number of hydrogen-bond donors (Lipinski definition) is 1. The van der Waals surface area contributed by atoms with Crippen LogP contribution in [0.5, 0.6) is 0 Å². The van der Waals surface area contributed by atoms with Crippen molar-refractivity contribution in [2.75, 3.05) is 18.9 Å². The molecular formula is C11H16N2O2S. The molecule has 2 N–H and O–H groups in total. The monoisotopic (exact) mass is 240 g/mol. The van der Waals surface area contributed by atoms with Crippen molar-refractivity contribution >= 4 is 17.7 Å². The van der Waals surface area contributed by atoms with E-state index in [9.17, 15) is 4.79 Å². The van der Waals surface area contributed by atoms with Gasteiger partial charge in [0.25, 0.3) is 0 Å². The summed E-state index contributed by atoms with van der Waals surface area (Å²) in [6.45, 7) is 2.69. The van der Waals surface area contributed by atoms with E-state index in [0.29, 0.717) is 18.9 Å². The first kappa shape index (κ1) is 13.0. The number of ether oxygens (including phenoxy) is 1. The molecule has 0 spiro atoms. The van der Waals surface area contributed by atoms with Gasteiger partial charge in [-0.25, -0.2) is 0 Å². The van der Waals surface area contributed by atoms with Crippen LogP contribution in [0.2, 0.25) is 0 Å². The predicted molar refractivity (Wildman–Crippen MR) is 65.1 cm³/mol. The summed E-state index contributed by atoms with van der Waals surface area (Å²) in [5, 5.41) is 0.0955. The average molecular weight is 240 g/mol. The van der Waals surface area contributed by atoms with Gasteiger partial charge in [-0.1, -0.05) is 6.07 Å². The lowest BCUT2D eigenvalue weighted by Gasteiger charge is -2.13. The fraction of sp³-hybridized carbons (Fsp3) is 0.455. The molecule has 0 amide bonds. The van der Waals surface area contributed by atoms with Crippen LogP contribution in [0.25, 0.3) is 0 Å². The summed E-state index contributed by atoms with van der Waals surface area (Å²) in [4.78, 5) is 15.2. The molecule has 5 heteroatoms. The summed E-state index contributed by atoms with van der Waals surface area (Å²) >= 11 is 1.48. The molecule has 0 saturated carbocycles. The van der Waals surface area contributed by atoms with Gasteiger partial charge in [-0.3, -0.25) is 9.78 Å². The third kappa shape index (κ3) is 4.20. The van der Waals surface area contributed by atoms with Crippen LogP contribution >= 0.6 is 11.8 Å². The molecule has 88 valence electrons. The van der Waals surface area contributed by atoms with E-state index in [0.717, 1.165) is 5.56 Å². The topological polar surface area (TPSA) is 65.2 Å². The zero-order valence-electron chi connectivity index (χ0n) is 9.26. The number of pyridine rings is 1. The van der Waals surface area contributed by atoms with Crippen LogP contribution in [0.1, 0.15) is 17.7 Å². The highest BCUT2D eigenvalue weighted by Gasteiger charge is 2.12. The van der Waals surface area contributed by atoms with E-state index in [1.165, 1.54) is 11.8 Å². The first-order chi connectivity index (χ1) is 7.77. The number of rotatable bonds is 6. The lowest BCUT2D eigenvalue weighted by atomic mass is 10.2. The number of carbonyl (C=O) groups excluding carboxylic acids is 1. The van der Waals surface area contributed by atoms with Crippen LogP contribution in [0.4, 0.5) is 0 Å². The van der Waals surface area contributed by atoms with Crippen molar-refractivity contribution < 1.29 is 9.53 Å². The summed E-state index contributed by atoms with van der Waals surface area (Å²) < 4.78 is 4.86. The minimum atomic E-state index is -0.199. The SMILES string of the molecule is CCOC(=O)CSC(CN)c1cccnc1. The largest absolute Gasteiger partial charge is 0.465 e. The molecule has 4 nitrogen and oxygen atoms in total. The third-order valence-electron chi connectivity index (χ3n) is 1.98. The second-order valence-electron chi connectivity index (χ2n) is 3.13. The van der Waals surface area contributed by atoms with Crippen LogP contribution in [0, 0.1) is 0 Å². The summed E-state index contributed by atoms with van der Waals surface area (Å²) in [7, 11) is 0. The Morgan fingerprint density at radius 2 is 2.50 bits per heavy atom. The maximum Gasteiger partial charge on any atom is 0.315 e. The summed E-state index contributed by atoms with van der Waals surface area (Å²) in [5.41, 5.74) is 6.71. The van der Waals surface area contributed by atoms with Crippen LogP contribution < -0.4 is 5.73 Å². The van der Waals surface area contributed by atoms with Crippen LogP contribution in [0.15, 0.2) is 24.5 Å². The van der Waals surface area contributed by atoms with Gasteiger partial charge in [-0.15, -0.1) is 11.8 Å². The number of thioether (sulfide) groups is 1. The van der Waals surface area contributed by atoms with Crippen molar-refractivity contribution in [3.05, 3.63) is 30.1 Å². The molecule has 0 aliphatic heterocycles. The van der Waals surface area contributed by atoms with Crippen molar-refractivity contribution in [3.8, 4) is 0 Å². The van der Waals surface area contributed by atoms with Crippen molar-refractivity contribution in [2.24, 2.45) is 5.73 Å². The minimum Gasteiger partial charge on any atom is -0.465 e. The van der Waals surface area contributed by atoms with Gasteiger partial charge in [0.1, 0.15) is 0 Å². The molecule has 1 aromatic heterocycles. The lowest BCUT2D eigenvalue weighted by Crippen LogP contribution is -2.14. The third-order valence-corrected chi connectivity index (χ3v) is 3.25. The molecule has 1 heterocycles. The zero-order valence-corrected chi connectivity index (χ0v) is 10.1. The first-order valence-corrected chi connectivity index (χ1v) is 6.20. The molecule has 1 rings (SSSR count). The molecule has 0 aromatic carbocycles. The maximum absolute atomic E-state index is 11.2. The number of esters is 1. The van der Waals surface area contributed by atoms with Crippen LogP contribution in [0.3, 0.4) is 0 Å². The van der Waals surface area contributed by atoms with E-state index in [-0.39, 0.29) is 11.2 Å². The van der Waals surface area contributed by atoms with Crippen molar-refractivity contribution in [1.82, 2.24) is 4.98 Å². The minimum absolute atomic E-state index is 0.0955. The fourth-order valence-corrected chi connectivity index (χ4v) is 2.13. The Hall–Kier alpha value is -1.07. The molecule has 1 aromatic rings. The summed E-state index contributed by atoms with van der Waals surface area (Å²) in [6, 6.07) is 3.82. The molecular weight excluding hydrogens is 224 g/mol. The Morgan fingerprint density at radius 1 is 1.69 bits per heavy atom. The predicted octanol–water partition coefficient (Wildman–Crippen LogP) is 1.38. The maximum atomic E-state index is 11.2. The van der Waals surface area contributed by atoms with E-state index in [4.69, 9.17) is 10.5 Å². The average Bonchev–Trinajstić information content (AvgIpc) is 2.31. The second-order valence-corrected chi connectivity index (χ2v) is 4.32. The highest BCUT2D eigenvalue weighted by Crippen LogP contribution is 2.26. The summed E-state index contributed by atoms with van der Waals surface area (Å²) in [6.07, 6.45) is 3.49. The molecule has 16 heavy (non-hydrogen) atoms. The Labute approximate surface area is 99.6 Å². The Kier molecular flexibility index (Phi) is 5.88. The van der Waals surface area contributed by atoms with Crippen molar-refractivity contribution in [3.63, 3.8) is 0 Å². The molecule has 0 aliphatic carbocycles. The van der Waals surface area contributed by atoms with E-state index in [2.05, 4.69) is 4.98 Å². The van der Waals surface area contributed by atoms with Gasteiger partial charge in [-0.05, 0) is 18.6 Å². The van der Waals surface area contributed by atoms with Gasteiger partial charge in [0.15, 0.2) is 0 Å². The Bertz CT molecular complexity index is 319. The number of aromatic nitrogens is 1. The first-order valence-electron chi connectivity index (χ1n) is 5.15. The molecule has 1 unspecified atom stereocenters. The molecule has 0 radical (unpaired) electrons. The van der Waals surface area contributed by atoms with Gasteiger partial charge in [0, 0.05) is 24.2 Å².